The number of aromatic amines is 1. The molecule has 0 unspecified atom stereocenters. The van der Waals surface area contributed by atoms with Gasteiger partial charge in [0.2, 0.25) is 0 Å². The molecule has 0 aliphatic rings. The average Bonchev–Trinajstić information content (AvgIpc) is 2.84. The SMILES string of the molecule is C[C@H](O)CNCc1cn[nH]c1-c1cccs1. The van der Waals surface area contributed by atoms with Crippen molar-refractivity contribution in [3.63, 3.8) is 0 Å². The first-order valence-corrected chi connectivity index (χ1v) is 6.10. The standard InChI is InChI=1S/C11H15N3OS/c1-8(15)5-12-6-9-7-13-14-11(9)10-3-2-4-16-10/h2-4,7-8,12,15H,5-6H2,1H3,(H,13,14)/t8-/m0/s1. The first kappa shape index (κ1) is 11.3. The molecule has 0 saturated carbocycles. The molecule has 5 heteroatoms. The van der Waals surface area contributed by atoms with E-state index in [-0.39, 0.29) is 6.10 Å². The number of hydrogen-bond donors (Lipinski definition) is 3. The van der Waals surface area contributed by atoms with E-state index in [1.807, 2.05) is 17.6 Å². The molecule has 3 N–H and O–H groups in total. The van der Waals surface area contributed by atoms with Crippen LogP contribution in [0.4, 0.5) is 0 Å². The van der Waals surface area contributed by atoms with E-state index in [4.69, 9.17) is 5.11 Å². The summed E-state index contributed by atoms with van der Waals surface area (Å²) in [6.07, 6.45) is 1.50. The van der Waals surface area contributed by atoms with Crippen LogP contribution in [0, 0.1) is 0 Å². The molecule has 86 valence electrons. The number of nitrogens with one attached hydrogen (secondary N) is 2. The van der Waals surface area contributed by atoms with Crippen molar-refractivity contribution in [2.75, 3.05) is 6.54 Å². The number of nitrogens with zero attached hydrogens (tertiary/aromatic N) is 1. The largest absolute Gasteiger partial charge is 0.392 e. The van der Waals surface area contributed by atoms with Gasteiger partial charge in [0.05, 0.1) is 22.9 Å². The van der Waals surface area contributed by atoms with Gasteiger partial charge in [-0.3, -0.25) is 5.10 Å². The average molecular weight is 237 g/mol. The molecule has 0 fully saturated rings. The van der Waals surface area contributed by atoms with Crippen LogP contribution in [0.5, 0.6) is 0 Å². The number of aliphatic hydroxyl groups is 1. The fourth-order valence-electron chi connectivity index (χ4n) is 1.50. The van der Waals surface area contributed by atoms with E-state index in [0.29, 0.717) is 13.1 Å². The Morgan fingerprint density at radius 1 is 1.62 bits per heavy atom. The molecule has 0 aromatic carbocycles. The zero-order valence-electron chi connectivity index (χ0n) is 9.10. The Morgan fingerprint density at radius 2 is 2.50 bits per heavy atom. The molecule has 1 atom stereocenters. The van der Waals surface area contributed by atoms with Crippen molar-refractivity contribution in [2.24, 2.45) is 0 Å². The van der Waals surface area contributed by atoms with Gasteiger partial charge in [-0.1, -0.05) is 6.07 Å². The van der Waals surface area contributed by atoms with Gasteiger partial charge in [-0.2, -0.15) is 5.10 Å². The second-order valence-electron chi connectivity index (χ2n) is 3.73. The minimum atomic E-state index is -0.322. The molecule has 0 amide bonds. The number of thiophene rings is 1. The maximum atomic E-state index is 9.15. The summed E-state index contributed by atoms with van der Waals surface area (Å²) < 4.78 is 0. The smallest absolute Gasteiger partial charge is 0.0794 e. The molecular weight excluding hydrogens is 222 g/mol. The summed E-state index contributed by atoms with van der Waals surface area (Å²) >= 11 is 1.69. The summed E-state index contributed by atoms with van der Waals surface area (Å²) in [5, 5.41) is 21.4. The summed E-state index contributed by atoms with van der Waals surface area (Å²) in [5.74, 6) is 0. The fourth-order valence-corrected chi connectivity index (χ4v) is 2.25. The Morgan fingerprint density at radius 3 is 3.19 bits per heavy atom. The van der Waals surface area contributed by atoms with Gasteiger partial charge in [-0.05, 0) is 18.4 Å². The minimum Gasteiger partial charge on any atom is -0.392 e. The van der Waals surface area contributed by atoms with Crippen molar-refractivity contribution in [3.8, 4) is 10.6 Å². The van der Waals surface area contributed by atoms with Crippen LogP contribution < -0.4 is 5.32 Å². The Kier molecular flexibility index (Phi) is 3.71. The Balaban J connectivity index is 2.03. The van der Waals surface area contributed by atoms with Gasteiger partial charge in [0, 0.05) is 18.7 Å². The monoisotopic (exact) mass is 237 g/mol. The van der Waals surface area contributed by atoms with Gasteiger partial charge in [0.1, 0.15) is 0 Å². The van der Waals surface area contributed by atoms with Gasteiger partial charge in [0.15, 0.2) is 0 Å². The van der Waals surface area contributed by atoms with Crippen molar-refractivity contribution in [3.05, 3.63) is 29.3 Å². The number of H-pyrrole nitrogens is 1. The maximum absolute atomic E-state index is 9.15. The molecule has 2 aromatic heterocycles. The van der Waals surface area contributed by atoms with Crippen LogP contribution in [0.2, 0.25) is 0 Å². The Labute approximate surface area is 98.3 Å². The zero-order chi connectivity index (χ0) is 11.4. The van der Waals surface area contributed by atoms with Crippen LogP contribution >= 0.6 is 11.3 Å². The van der Waals surface area contributed by atoms with E-state index in [0.717, 1.165) is 11.3 Å². The maximum Gasteiger partial charge on any atom is 0.0794 e. The highest BCUT2D eigenvalue weighted by atomic mass is 32.1. The third-order valence-corrected chi connectivity index (χ3v) is 3.13. The second-order valence-corrected chi connectivity index (χ2v) is 4.68. The normalized spacial score (nSPS) is 12.9. The van der Waals surface area contributed by atoms with E-state index in [2.05, 4.69) is 21.6 Å². The molecule has 0 saturated heterocycles. The molecule has 2 rings (SSSR count). The van der Waals surface area contributed by atoms with Crippen LogP contribution in [0.3, 0.4) is 0 Å². The van der Waals surface area contributed by atoms with Gasteiger partial charge in [-0.15, -0.1) is 11.3 Å². The van der Waals surface area contributed by atoms with Crippen molar-refractivity contribution in [1.29, 1.82) is 0 Å². The van der Waals surface area contributed by atoms with E-state index in [1.165, 1.54) is 4.88 Å². The quantitative estimate of drug-likeness (QED) is 0.740. The fraction of sp³-hybridized carbons (Fsp3) is 0.364. The third-order valence-electron chi connectivity index (χ3n) is 2.24. The minimum absolute atomic E-state index is 0.322. The summed E-state index contributed by atoms with van der Waals surface area (Å²) in [4.78, 5) is 1.19. The highest BCUT2D eigenvalue weighted by Gasteiger charge is 2.08. The Bertz CT molecular complexity index is 422. The summed E-state index contributed by atoms with van der Waals surface area (Å²) in [7, 11) is 0. The zero-order valence-corrected chi connectivity index (χ0v) is 9.92. The van der Waals surface area contributed by atoms with Gasteiger partial charge in [0.25, 0.3) is 0 Å². The highest BCUT2D eigenvalue weighted by molar-refractivity contribution is 7.13. The van der Waals surface area contributed by atoms with E-state index in [1.54, 1.807) is 18.3 Å². The van der Waals surface area contributed by atoms with Gasteiger partial charge in [-0.25, -0.2) is 0 Å². The first-order valence-electron chi connectivity index (χ1n) is 5.22. The summed E-state index contributed by atoms with van der Waals surface area (Å²) in [6, 6.07) is 4.09. The van der Waals surface area contributed by atoms with Crippen LogP contribution in [0.15, 0.2) is 23.7 Å². The lowest BCUT2D eigenvalue weighted by atomic mass is 10.2. The topological polar surface area (TPSA) is 60.9 Å². The first-order chi connectivity index (χ1) is 7.77. The van der Waals surface area contributed by atoms with Crippen molar-refractivity contribution >= 4 is 11.3 Å². The lowest BCUT2D eigenvalue weighted by Gasteiger charge is -2.06. The van der Waals surface area contributed by atoms with E-state index >= 15 is 0 Å². The predicted molar refractivity (Wildman–Crippen MR) is 65.3 cm³/mol. The molecule has 0 spiro atoms. The van der Waals surface area contributed by atoms with Crippen LogP contribution in [-0.2, 0) is 6.54 Å². The lowest BCUT2D eigenvalue weighted by Crippen LogP contribution is -2.23. The number of hydrogen-bond acceptors (Lipinski definition) is 4. The van der Waals surface area contributed by atoms with Crippen molar-refractivity contribution in [2.45, 2.75) is 19.6 Å². The summed E-state index contributed by atoms with van der Waals surface area (Å²) in [6.45, 7) is 3.08. The number of aromatic nitrogens is 2. The Hall–Kier alpha value is -1.17. The number of rotatable bonds is 5. The molecule has 16 heavy (non-hydrogen) atoms. The molecule has 2 heterocycles. The van der Waals surface area contributed by atoms with Crippen LogP contribution in [0.1, 0.15) is 12.5 Å². The van der Waals surface area contributed by atoms with Crippen LogP contribution in [-0.4, -0.2) is 28.0 Å². The van der Waals surface area contributed by atoms with E-state index in [9.17, 15) is 0 Å². The molecule has 0 bridgehead atoms. The molecular formula is C11H15N3OS. The predicted octanol–water partition coefficient (Wildman–Crippen LogP) is 1.61. The van der Waals surface area contributed by atoms with Crippen LogP contribution in [0.25, 0.3) is 10.6 Å². The summed E-state index contributed by atoms with van der Waals surface area (Å²) in [5.41, 5.74) is 2.19. The highest BCUT2D eigenvalue weighted by Crippen LogP contribution is 2.25. The van der Waals surface area contributed by atoms with Gasteiger partial charge >= 0.3 is 0 Å². The molecule has 0 radical (unpaired) electrons. The third kappa shape index (κ3) is 2.69. The van der Waals surface area contributed by atoms with Gasteiger partial charge < -0.3 is 10.4 Å². The van der Waals surface area contributed by atoms with Crippen molar-refractivity contribution < 1.29 is 5.11 Å². The molecule has 2 aromatic rings. The molecule has 0 aliphatic heterocycles. The van der Waals surface area contributed by atoms with Crippen molar-refractivity contribution in [1.82, 2.24) is 15.5 Å². The lowest BCUT2D eigenvalue weighted by molar-refractivity contribution is 0.191. The number of aliphatic hydroxyl groups excluding tert-OH is 1. The molecule has 0 aliphatic carbocycles. The molecule has 4 nitrogen and oxygen atoms in total. The second kappa shape index (κ2) is 5.25. The van der Waals surface area contributed by atoms with E-state index < -0.39 is 0 Å².